The van der Waals surface area contributed by atoms with E-state index in [4.69, 9.17) is 27.9 Å². The largest absolute Gasteiger partial charge is 0.488 e. The number of para-hydroxylation sites is 1. The number of benzene rings is 3. The van der Waals surface area contributed by atoms with E-state index in [1.54, 1.807) is 42.5 Å². The van der Waals surface area contributed by atoms with Crippen LogP contribution in [-0.2, 0) is 16.2 Å². The second kappa shape index (κ2) is 11.7. The van der Waals surface area contributed by atoms with Crippen LogP contribution in [0.1, 0.15) is 17.5 Å². The van der Waals surface area contributed by atoms with Crippen molar-refractivity contribution in [2.75, 3.05) is 5.32 Å². The van der Waals surface area contributed by atoms with Crippen LogP contribution in [-0.4, -0.2) is 18.0 Å². The molecule has 0 unspecified atom stereocenters. The molecule has 9 heteroatoms. The molecule has 0 radical (unpaired) electrons. The molecule has 0 heterocycles. The lowest BCUT2D eigenvalue weighted by molar-refractivity contribution is -0.126. The van der Waals surface area contributed by atoms with Crippen LogP contribution in [0, 0.1) is 0 Å². The summed E-state index contributed by atoms with van der Waals surface area (Å²) in [6.45, 7) is 0.331. The van der Waals surface area contributed by atoms with Gasteiger partial charge in [-0.3, -0.25) is 9.59 Å². The monoisotopic (exact) mass is 533 g/mol. The quantitative estimate of drug-likeness (QED) is 0.217. The summed E-state index contributed by atoms with van der Waals surface area (Å²) < 4.78 is 6.52. The van der Waals surface area contributed by atoms with Gasteiger partial charge in [-0.2, -0.15) is 5.10 Å². The van der Waals surface area contributed by atoms with E-state index in [2.05, 4.69) is 31.8 Å². The number of hydrogen-bond donors (Lipinski definition) is 2. The molecular weight excluding hydrogens is 517 g/mol. The fourth-order valence-electron chi connectivity index (χ4n) is 2.61. The highest BCUT2D eigenvalue weighted by molar-refractivity contribution is 9.10. The molecule has 3 rings (SSSR count). The number of amides is 2. The Hall–Kier alpha value is -2.87. The van der Waals surface area contributed by atoms with Gasteiger partial charge in [0, 0.05) is 10.6 Å². The maximum atomic E-state index is 12.0. The van der Waals surface area contributed by atoms with Crippen molar-refractivity contribution in [2.45, 2.75) is 13.0 Å². The average Bonchev–Trinajstić information content (AvgIpc) is 2.76. The van der Waals surface area contributed by atoms with E-state index in [0.29, 0.717) is 28.1 Å². The van der Waals surface area contributed by atoms with E-state index in [9.17, 15) is 9.59 Å². The summed E-state index contributed by atoms with van der Waals surface area (Å²) in [5.74, 6) is -0.402. The molecule has 0 aromatic heterocycles. The number of hydrogen-bond acceptors (Lipinski definition) is 4. The molecule has 0 aliphatic rings. The molecule has 0 atom stereocenters. The number of nitrogens with zero attached hydrogens (tertiary/aromatic N) is 1. The second-order valence-electron chi connectivity index (χ2n) is 6.57. The van der Waals surface area contributed by atoms with Gasteiger partial charge in [0.1, 0.15) is 18.8 Å². The molecule has 6 nitrogen and oxygen atoms in total. The van der Waals surface area contributed by atoms with Gasteiger partial charge in [0.15, 0.2) is 0 Å². The standard InChI is InChI=1S/C23H18BrCl2N3O3/c24-17-11-15(9-10-21(17)32-14-16-5-1-2-6-18(16)25)13-27-29-23(31)12-22(30)28-20-8-4-3-7-19(20)26/h1-11,13H,12,14H2,(H,28,30)(H,29,31). The number of carbonyl (C=O) groups is 2. The van der Waals surface area contributed by atoms with Crippen molar-refractivity contribution < 1.29 is 14.3 Å². The Balaban J connectivity index is 1.49. The van der Waals surface area contributed by atoms with Gasteiger partial charge in [-0.1, -0.05) is 53.5 Å². The van der Waals surface area contributed by atoms with E-state index in [-0.39, 0.29) is 6.42 Å². The van der Waals surface area contributed by atoms with E-state index in [1.807, 2.05) is 24.3 Å². The molecule has 0 saturated carbocycles. The first-order valence-electron chi connectivity index (χ1n) is 9.44. The summed E-state index contributed by atoms with van der Waals surface area (Å²) in [5.41, 5.74) is 4.37. The highest BCUT2D eigenvalue weighted by Gasteiger charge is 2.10. The fraction of sp³-hybridized carbons (Fsp3) is 0.0870. The van der Waals surface area contributed by atoms with Crippen LogP contribution >= 0.6 is 39.1 Å². The van der Waals surface area contributed by atoms with Gasteiger partial charge in [0.05, 0.1) is 21.4 Å². The Labute approximate surface area is 203 Å². The van der Waals surface area contributed by atoms with Crippen LogP contribution in [0.15, 0.2) is 76.3 Å². The summed E-state index contributed by atoms with van der Waals surface area (Å²) in [5, 5.41) is 7.50. The smallest absolute Gasteiger partial charge is 0.249 e. The van der Waals surface area contributed by atoms with Gasteiger partial charge in [0.2, 0.25) is 11.8 Å². The second-order valence-corrected chi connectivity index (χ2v) is 8.24. The summed E-state index contributed by atoms with van der Waals surface area (Å²) in [6, 6.07) is 19.6. The molecule has 0 aliphatic heterocycles. The average molecular weight is 535 g/mol. The van der Waals surface area contributed by atoms with Crippen molar-refractivity contribution in [3.63, 3.8) is 0 Å². The topological polar surface area (TPSA) is 79.8 Å². The summed E-state index contributed by atoms with van der Waals surface area (Å²) in [6.07, 6.45) is 1.08. The first-order valence-corrected chi connectivity index (χ1v) is 11.0. The van der Waals surface area contributed by atoms with Gasteiger partial charge in [0.25, 0.3) is 0 Å². The van der Waals surface area contributed by atoms with E-state index in [0.717, 1.165) is 15.6 Å². The van der Waals surface area contributed by atoms with Crippen LogP contribution in [0.4, 0.5) is 5.69 Å². The summed E-state index contributed by atoms with van der Waals surface area (Å²) in [7, 11) is 0. The van der Waals surface area contributed by atoms with Gasteiger partial charge < -0.3 is 10.1 Å². The minimum absolute atomic E-state index is 0.331. The first-order chi connectivity index (χ1) is 15.4. The molecule has 164 valence electrons. The van der Waals surface area contributed by atoms with Gasteiger partial charge in [-0.15, -0.1) is 0 Å². The van der Waals surface area contributed by atoms with Crippen molar-refractivity contribution in [1.82, 2.24) is 5.43 Å². The van der Waals surface area contributed by atoms with E-state index in [1.165, 1.54) is 6.21 Å². The molecule has 0 fully saturated rings. The maximum Gasteiger partial charge on any atom is 0.249 e. The number of rotatable bonds is 8. The number of hydrazone groups is 1. The van der Waals surface area contributed by atoms with Crippen molar-refractivity contribution in [3.8, 4) is 5.75 Å². The van der Waals surface area contributed by atoms with Crippen molar-refractivity contribution >= 4 is 62.8 Å². The van der Waals surface area contributed by atoms with Gasteiger partial charge >= 0.3 is 0 Å². The van der Waals surface area contributed by atoms with Gasteiger partial charge in [-0.25, -0.2) is 5.43 Å². The third-order valence-corrected chi connectivity index (χ3v) is 5.49. The molecule has 0 spiro atoms. The molecule has 0 bridgehead atoms. The van der Waals surface area contributed by atoms with Crippen LogP contribution in [0.5, 0.6) is 5.75 Å². The first kappa shape index (κ1) is 23.8. The molecular formula is C23H18BrCl2N3O3. The maximum absolute atomic E-state index is 12.0. The summed E-state index contributed by atoms with van der Waals surface area (Å²) >= 11 is 15.6. The highest BCUT2D eigenvalue weighted by Crippen LogP contribution is 2.27. The molecule has 3 aromatic rings. The Morgan fingerprint density at radius 2 is 1.69 bits per heavy atom. The zero-order valence-electron chi connectivity index (χ0n) is 16.6. The molecule has 0 saturated heterocycles. The fourth-order valence-corrected chi connectivity index (χ4v) is 3.49. The summed E-state index contributed by atoms with van der Waals surface area (Å²) in [4.78, 5) is 23.9. The molecule has 0 aliphatic carbocycles. The Morgan fingerprint density at radius 3 is 2.41 bits per heavy atom. The minimum Gasteiger partial charge on any atom is -0.488 e. The van der Waals surface area contributed by atoms with Gasteiger partial charge in [-0.05, 0) is 57.9 Å². The lowest BCUT2D eigenvalue weighted by Crippen LogP contribution is -2.24. The van der Waals surface area contributed by atoms with E-state index < -0.39 is 11.8 Å². The predicted octanol–water partition coefficient (Wildman–Crippen LogP) is 5.81. The van der Waals surface area contributed by atoms with Crippen LogP contribution in [0.2, 0.25) is 10.0 Å². The van der Waals surface area contributed by atoms with Crippen molar-refractivity contribution in [2.24, 2.45) is 5.10 Å². The Bertz CT molecular complexity index is 1150. The van der Waals surface area contributed by atoms with Crippen LogP contribution < -0.4 is 15.5 Å². The normalized spacial score (nSPS) is 10.7. The minimum atomic E-state index is -0.551. The predicted molar refractivity (Wildman–Crippen MR) is 130 cm³/mol. The lowest BCUT2D eigenvalue weighted by Gasteiger charge is -2.10. The molecule has 3 aromatic carbocycles. The van der Waals surface area contributed by atoms with Crippen molar-refractivity contribution in [3.05, 3.63) is 92.4 Å². The highest BCUT2D eigenvalue weighted by atomic mass is 79.9. The van der Waals surface area contributed by atoms with Crippen LogP contribution in [0.25, 0.3) is 0 Å². The number of halogens is 3. The third-order valence-electron chi connectivity index (χ3n) is 4.17. The molecule has 2 N–H and O–H groups in total. The lowest BCUT2D eigenvalue weighted by atomic mass is 10.2. The number of carbonyl (C=O) groups excluding carboxylic acids is 2. The third kappa shape index (κ3) is 7.09. The zero-order chi connectivity index (χ0) is 22.9. The number of ether oxygens (including phenoxy) is 1. The number of anilines is 1. The molecule has 32 heavy (non-hydrogen) atoms. The van der Waals surface area contributed by atoms with E-state index >= 15 is 0 Å². The zero-order valence-corrected chi connectivity index (χ0v) is 19.7. The number of nitrogens with one attached hydrogen (secondary N) is 2. The molecule has 2 amide bonds. The SMILES string of the molecule is O=C(CC(=O)Nc1ccccc1Cl)NN=Cc1ccc(OCc2ccccc2Cl)c(Br)c1. The van der Waals surface area contributed by atoms with Crippen LogP contribution in [0.3, 0.4) is 0 Å². The van der Waals surface area contributed by atoms with Crippen molar-refractivity contribution in [1.29, 1.82) is 0 Å². The Morgan fingerprint density at radius 1 is 0.969 bits per heavy atom. The Kier molecular flexibility index (Phi) is 8.67.